The van der Waals surface area contributed by atoms with Crippen molar-refractivity contribution in [3.05, 3.63) is 90.6 Å². The molecule has 1 aromatic heterocycles. The number of nitrogens with one attached hydrogen (secondary N) is 2. The summed E-state index contributed by atoms with van der Waals surface area (Å²) in [6.45, 7) is 8.54. The van der Waals surface area contributed by atoms with Crippen molar-refractivity contribution in [2.45, 2.75) is 32.4 Å². The Morgan fingerprint density at radius 3 is 2.38 bits per heavy atom. The van der Waals surface area contributed by atoms with E-state index in [1.54, 1.807) is 6.20 Å². The molecule has 0 saturated carbocycles. The first-order valence-electron chi connectivity index (χ1n) is 11.2. The van der Waals surface area contributed by atoms with Crippen molar-refractivity contribution in [3.63, 3.8) is 0 Å². The first kappa shape index (κ1) is 25.0. The maximum Gasteiger partial charge on any atom is 0.321 e. The van der Waals surface area contributed by atoms with Crippen LogP contribution in [-0.4, -0.2) is 41.4 Å². The standard InChI is InChI=1S/C27H31N3O4/c1-19(2)29-26(27(31)32)18-21-7-13-24(14-8-21)33-16-17-34-30-20(3)22-9-11-23(12-10-22)25-6-4-5-15-28-25/h4-15,19,26,29-30H,3,16-18H2,1-2H3,(H,31,32). The smallest absolute Gasteiger partial charge is 0.321 e. The molecule has 0 radical (unpaired) electrons. The highest BCUT2D eigenvalue weighted by Crippen LogP contribution is 2.19. The van der Waals surface area contributed by atoms with Gasteiger partial charge in [0, 0.05) is 17.8 Å². The van der Waals surface area contributed by atoms with Crippen LogP contribution in [0.4, 0.5) is 0 Å². The van der Waals surface area contributed by atoms with Gasteiger partial charge in [-0.2, -0.15) is 0 Å². The SMILES string of the molecule is C=C(NOCCOc1ccc(CC(NC(C)C)C(=O)O)cc1)c1ccc(-c2ccccn2)cc1. The van der Waals surface area contributed by atoms with Crippen LogP contribution in [0.3, 0.4) is 0 Å². The van der Waals surface area contributed by atoms with E-state index in [0.29, 0.717) is 31.1 Å². The molecule has 0 aliphatic carbocycles. The molecule has 2 aromatic carbocycles. The summed E-state index contributed by atoms with van der Waals surface area (Å²) in [4.78, 5) is 21.2. The molecule has 0 aliphatic heterocycles. The number of benzene rings is 2. The Kier molecular flexibility index (Phi) is 9.20. The van der Waals surface area contributed by atoms with E-state index in [-0.39, 0.29) is 6.04 Å². The number of carboxylic acid groups (broad SMARTS) is 1. The lowest BCUT2D eigenvalue weighted by molar-refractivity contribution is -0.139. The normalized spacial score (nSPS) is 11.7. The second-order valence-electron chi connectivity index (χ2n) is 8.13. The number of nitrogens with zero attached hydrogens (tertiary/aromatic N) is 1. The molecular weight excluding hydrogens is 430 g/mol. The van der Waals surface area contributed by atoms with E-state index in [1.807, 2.05) is 80.6 Å². The quantitative estimate of drug-likeness (QED) is 0.258. The molecule has 0 amide bonds. The van der Waals surface area contributed by atoms with Crippen molar-refractivity contribution in [1.82, 2.24) is 15.8 Å². The van der Waals surface area contributed by atoms with E-state index < -0.39 is 12.0 Å². The van der Waals surface area contributed by atoms with E-state index in [1.165, 1.54) is 0 Å². The molecule has 7 nitrogen and oxygen atoms in total. The number of hydrogen-bond acceptors (Lipinski definition) is 6. The molecule has 3 rings (SSSR count). The summed E-state index contributed by atoms with van der Waals surface area (Å²) in [6.07, 6.45) is 2.18. The van der Waals surface area contributed by atoms with Crippen LogP contribution in [0.25, 0.3) is 17.0 Å². The lowest BCUT2D eigenvalue weighted by Crippen LogP contribution is -2.42. The highest BCUT2D eigenvalue weighted by molar-refractivity contribution is 5.74. The van der Waals surface area contributed by atoms with Crippen molar-refractivity contribution >= 4 is 11.7 Å². The Morgan fingerprint density at radius 1 is 1.03 bits per heavy atom. The lowest BCUT2D eigenvalue weighted by Gasteiger charge is -2.17. The van der Waals surface area contributed by atoms with Crippen LogP contribution >= 0.6 is 0 Å². The molecule has 3 aromatic rings. The number of aliphatic carboxylic acids is 1. The molecule has 0 saturated heterocycles. The Morgan fingerprint density at radius 2 is 1.76 bits per heavy atom. The highest BCUT2D eigenvalue weighted by atomic mass is 16.7. The van der Waals surface area contributed by atoms with Crippen molar-refractivity contribution in [2.75, 3.05) is 13.2 Å². The summed E-state index contributed by atoms with van der Waals surface area (Å²) in [5.41, 5.74) is 7.30. The third kappa shape index (κ3) is 7.72. The van der Waals surface area contributed by atoms with E-state index >= 15 is 0 Å². The zero-order valence-corrected chi connectivity index (χ0v) is 19.5. The molecular formula is C27H31N3O4. The predicted molar refractivity (Wildman–Crippen MR) is 133 cm³/mol. The summed E-state index contributed by atoms with van der Waals surface area (Å²) in [6, 6.07) is 20.6. The number of hydrogen-bond donors (Lipinski definition) is 3. The Labute approximate surface area is 200 Å². The van der Waals surface area contributed by atoms with Gasteiger partial charge in [-0.05, 0) is 41.8 Å². The Bertz CT molecular complexity index is 1050. The van der Waals surface area contributed by atoms with Gasteiger partial charge in [-0.1, -0.05) is 62.9 Å². The molecule has 1 atom stereocenters. The molecule has 0 fully saturated rings. The minimum atomic E-state index is -0.857. The van der Waals surface area contributed by atoms with Gasteiger partial charge in [-0.25, -0.2) is 0 Å². The lowest BCUT2D eigenvalue weighted by atomic mass is 10.1. The van der Waals surface area contributed by atoms with Gasteiger partial charge < -0.3 is 15.2 Å². The molecule has 1 unspecified atom stereocenters. The highest BCUT2D eigenvalue weighted by Gasteiger charge is 2.18. The molecule has 7 heteroatoms. The van der Waals surface area contributed by atoms with Gasteiger partial charge >= 0.3 is 5.97 Å². The fraction of sp³-hybridized carbons (Fsp3) is 0.259. The number of carboxylic acids is 1. The van der Waals surface area contributed by atoms with Gasteiger partial charge in [0.05, 0.1) is 11.4 Å². The van der Waals surface area contributed by atoms with E-state index in [9.17, 15) is 9.90 Å². The molecule has 0 aliphatic rings. The molecule has 34 heavy (non-hydrogen) atoms. The zero-order chi connectivity index (χ0) is 24.3. The zero-order valence-electron chi connectivity index (χ0n) is 19.5. The van der Waals surface area contributed by atoms with Crippen LogP contribution in [0.1, 0.15) is 25.0 Å². The number of ether oxygens (including phenoxy) is 1. The van der Waals surface area contributed by atoms with Gasteiger partial charge in [-0.3, -0.25) is 20.1 Å². The maximum atomic E-state index is 11.4. The average Bonchev–Trinajstić information content (AvgIpc) is 2.84. The predicted octanol–water partition coefficient (Wildman–Crippen LogP) is 4.31. The summed E-state index contributed by atoms with van der Waals surface area (Å²) >= 11 is 0. The molecule has 1 heterocycles. The van der Waals surface area contributed by atoms with E-state index in [2.05, 4.69) is 22.4 Å². The van der Waals surface area contributed by atoms with Gasteiger partial charge in [-0.15, -0.1) is 0 Å². The van der Waals surface area contributed by atoms with Gasteiger partial charge in [0.25, 0.3) is 0 Å². The summed E-state index contributed by atoms with van der Waals surface area (Å²) in [7, 11) is 0. The minimum Gasteiger partial charge on any atom is -0.491 e. The van der Waals surface area contributed by atoms with Crippen LogP contribution in [-0.2, 0) is 16.1 Å². The third-order valence-corrected chi connectivity index (χ3v) is 5.04. The maximum absolute atomic E-state index is 11.4. The largest absolute Gasteiger partial charge is 0.491 e. The van der Waals surface area contributed by atoms with Crippen LogP contribution in [0.5, 0.6) is 5.75 Å². The van der Waals surface area contributed by atoms with E-state index in [0.717, 1.165) is 22.4 Å². The molecule has 0 bridgehead atoms. The van der Waals surface area contributed by atoms with Gasteiger partial charge in [0.1, 0.15) is 25.0 Å². The number of pyridine rings is 1. The number of carbonyl (C=O) groups is 1. The van der Waals surface area contributed by atoms with Crippen LogP contribution in [0.15, 0.2) is 79.5 Å². The minimum absolute atomic E-state index is 0.0966. The molecule has 0 spiro atoms. The summed E-state index contributed by atoms with van der Waals surface area (Å²) in [5.74, 6) is -0.163. The van der Waals surface area contributed by atoms with E-state index in [4.69, 9.17) is 9.57 Å². The van der Waals surface area contributed by atoms with Crippen LogP contribution < -0.4 is 15.5 Å². The number of hydroxylamine groups is 1. The Balaban J connectivity index is 1.38. The van der Waals surface area contributed by atoms with Crippen molar-refractivity contribution in [3.8, 4) is 17.0 Å². The third-order valence-electron chi connectivity index (χ3n) is 5.04. The first-order chi connectivity index (χ1) is 16.4. The van der Waals surface area contributed by atoms with Crippen LogP contribution in [0.2, 0.25) is 0 Å². The van der Waals surface area contributed by atoms with Crippen molar-refractivity contribution < 1.29 is 19.5 Å². The average molecular weight is 462 g/mol. The Hall–Kier alpha value is -3.68. The molecule has 178 valence electrons. The fourth-order valence-electron chi connectivity index (χ4n) is 3.35. The molecule has 3 N–H and O–H groups in total. The second kappa shape index (κ2) is 12.5. The summed E-state index contributed by atoms with van der Waals surface area (Å²) < 4.78 is 5.70. The fourth-order valence-corrected chi connectivity index (χ4v) is 3.35. The van der Waals surface area contributed by atoms with Gasteiger partial charge in [0.2, 0.25) is 0 Å². The van der Waals surface area contributed by atoms with Crippen molar-refractivity contribution in [1.29, 1.82) is 0 Å². The number of rotatable bonds is 13. The topological polar surface area (TPSA) is 92.7 Å². The number of aromatic nitrogens is 1. The van der Waals surface area contributed by atoms with Gasteiger partial charge in [0.15, 0.2) is 0 Å². The monoisotopic (exact) mass is 461 g/mol. The first-order valence-corrected chi connectivity index (χ1v) is 11.2. The van der Waals surface area contributed by atoms with Crippen LogP contribution in [0, 0.1) is 0 Å². The second-order valence-corrected chi connectivity index (χ2v) is 8.13. The van der Waals surface area contributed by atoms with Crippen molar-refractivity contribution in [2.24, 2.45) is 0 Å². The summed E-state index contributed by atoms with van der Waals surface area (Å²) in [5, 5.41) is 12.4.